The molecule has 2 heterocycles. The van der Waals surface area contributed by atoms with Crippen molar-refractivity contribution in [1.29, 1.82) is 0 Å². The summed E-state index contributed by atoms with van der Waals surface area (Å²) in [5.41, 5.74) is 7.05. The first kappa shape index (κ1) is 22.4. The van der Waals surface area contributed by atoms with Gasteiger partial charge in [0, 0.05) is 21.4 Å². The summed E-state index contributed by atoms with van der Waals surface area (Å²) in [5, 5.41) is 4.51. The molecule has 0 aliphatic heterocycles. The van der Waals surface area contributed by atoms with Crippen LogP contribution in [0.15, 0.2) is 81.5 Å². The van der Waals surface area contributed by atoms with Crippen LogP contribution in [0.5, 0.6) is 5.75 Å². The Labute approximate surface area is 207 Å². The lowest BCUT2D eigenvalue weighted by Gasteiger charge is -2.08. The number of fused-ring (bicyclic) bond motifs is 1. The number of rotatable bonds is 5. The largest absolute Gasteiger partial charge is 0.490 e. The van der Waals surface area contributed by atoms with Gasteiger partial charge >= 0.3 is 0 Å². The third kappa shape index (κ3) is 4.49. The number of benzene rings is 3. The number of hydrogen-bond donors (Lipinski definition) is 0. The molecule has 34 heavy (non-hydrogen) atoms. The first-order valence-corrected chi connectivity index (χ1v) is 12.3. The smallest absolute Gasteiger partial charge is 0.230 e. The van der Waals surface area contributed by atoms with Gasteiger partial charge in [-0.3, -0.25) is 0 Å². The highest BCUT2D eigenvalue weighted by Crippen LogP contribution is 2.32. The second-order valence-corrected chi connectivity index (χ2v) is 9.31. The Morgan fingerprint density at radius 2 is 1.85 bits per heavy atom. The maximum atomic E-state index is 6.41. The van der Waals surface area contributed by atoms with Crippen LogP contribution in [0.4, 0.5) is 5.69 Å². The summed E-state index contributed by atoms with van der Waals surface area (Å²) >= 11 is 7.62. The molecule has 0 N–H and O–H groups in total. The van der Waals surface area contributed by atoms with Crippen LogP contribution in [0.25, 0.3) is 32.8 Å². The van der Waals surface area contributed by atoms with E-state index in [0.29, 0.717) is 28.5 Å². The molecule has 5 aromatic rings. The molecule has 0 spiro atoms. The van der Waals surface area contributed by atoms with Crippen molar-refractivity contribution >= 4 is 39.6 Å². The van der Waals surface area contributed by atoms with Crippen LogP contribution in [0.1, 0.15) is 18.1 Å². The van der Waals surface area contributed by atoms with E-state index in [2.05, 4.69) is 32.0 Å². The number of nitrogens with zero attached hydrogens (tertiary/aromatic N) is 2. The lowest BCUT2D eigenvalue weighted by Crippen LogP contribution is -2.06. The monoisotopic (exact) mass is 486 g/mol. The first-order valence-electron chi connectivity index (χ1n) is 11.1. The molecule has 0 atom stereocenters. The number of para-hydroxylation sites is 1. The van der Waals surface area contributed by atoms with Crippen molar-refractivity contribution in [2.24, 2.45) is 4.99 Å². The highest BCUT2D eigenvalue weighted by Gasteiger charge is 2.15. The van der Waals surface area contributed by atoms with Crippen LogP contribution in [0.3, 0.4) is 0 Å². The summed E-state index contributed by atoms with van der Waals surface area (Å²) in [6, 6.07) is 21.9. The van der Waals surface area contributed by atoms with Crippen molar-refractivity contribution in [2.75, 3.05) is 6.61 Å². The zero-order chi connectivity index (χ0) is 23.7. The van der Waals surface area contributed by atoms with E-state index >= 15 is 0 Å². The van der Waals surface area contributed by atoms with E-state index in [1.807, 2.05) is 60.8 Å². The summed E-state index contributed by atoms with van der Waals surface area (Å²) < 4.78 is 12.2. The van der Waals surface area contributed by atoms with E-state index < -0.39 is 0 Å². The van der Waals surface area contributed by atoms with Crippen molar-refractivity contribution in [1.82, 2.24) is 4.98 Å². The third-order valence-corrected chi connectivity index (χ3v) is 6.61. The fourth-order valence-corrected chi connectivity index (χ4v) is 4.78. The molecule has 2 aromatic heterocycles. The maximum Gasteiger partial charge on any atom is 0.230 e. The molecule has 170 valence electrons. The average molecular weight is 487 g/mol. The topological polar surface area (TPSA) is 47.6 Å². The van der Waals surface area contributed by atoms with E-state index in [1.165, 1.54) is 5.56 Å². The zero-order valence-corrected chi connectivity index (χ0v) is 20.7. The van der Waals surface area contributed by atoms with Crippen LogP contribution in [0, 0.1) is 13.8 Å². The van der Waals surface area contributed by atoms with Gasteiger partial charge in [-0.1, -0.05) is 53.6 Å². The molecule has 5 rings (SSSR count). The molecule has 0 saturated carbocycles. The Kier molecular flexibility index (Phi) is 6.22. The summed E-state index contributed by atoms with van der Waals surface area (Å²) in [6.07, 6.45) is 0. The first-order chi connectivity index (χ1) is 16.5. The molecule has 0 saturated heterocycles. The van der Waals surface area contributed by atoms with Crippen LogP contribution in [-0.2, 0) is 0 Å². The van der Waals surface area contributed by atoms with Crippen molar-refractivity contribution in [3.05, 3.63) is 93.8 Å². The molecule has 6 heteroatoms. The number of ether oxygens (including phenoxy) is 1. The quantitative estimate of drug-likeness (QED) is 0.252. The Morgan fingerprint density at radius 1 is 1.03 bits per heavy atom. The van der Waals surface area contributed by atoms with Gasteiger partial charge < -0.3 is 9.15 Å². The van der Waals surface area contributed by atoms with Crippen molar-refractivity contribution in [2.45, 2.75) is 20.8 Å². The van der Waals surface area contributed by atoms with E-state index in [0.717, 1.165) is 38.5 Å². The second kappa shape index (κ2) is 9.45. The highest BCUT2D eigenvalue weighted by molar-refractivity contribution is 7.13. The molecule has 4 nitrogen and oxygen atoms in total. The van der Waals surface area contributed by atoms with Gasteiger partial charge in [-0.2, -0.15) is 0 Å². The van der Waals surface area contributed by atoms with Crippen LogP contribution < -0.4 is 10.3 Å². The van der Waals surface area contributed by atoms with Crippen LogP contribution in [-0.4, -0.2) is 11.6 Å². The van der Waals surface area contributed by atoms with Crippen molar-refractivity contribution < 1.29 is 9.15 Å². The average Bonchev–Trinajstić information content (AvgIpc) is 3.31. The predicted octanol–water partition coefficient (Wildman–Crippen LogP) is 8.12. The van der Waals surface area contributed by atoms with Gasteiger partial charge in [-0.15, -0.1) is 11.3 Å². The molecule has 0 aliphatic rings. The minimum absolute atomic E-state index is 0.503. The van der Waals surface area contributed by atoms with Gasteiger partial charge in [0.1, 0.15) is 5.01 Å². The van der Waals surface area contributed by atoms with Crippen molar-refractivity contribution in [3.8, 4) is 27.6 Å². The molecule has 3 aromatic carbocycles. The SMILES string of the molecule is CCOc1cccc2cc(-c3nc(-c4ccc(Cl)cc4)cs3)c(=Nc3ccc(C)cc3C)oc12. The molecular formula is C28H23ClN2O2S. The minimum atomic E-state index is 0.503. The van der Waals surface area contributed by atoms with E-state index in [1.54, 1.807) is 11.3 Å². The molecule has 0 bridgehead atoms. The molecule has 0 radical (unpaired) electrons. The number of hydrogen-bond acceptors (Lipinski definition) is 5. The predicted molar refractivity (Wildman–Crippen MR) is 140 cm³/mol. The molecule has 0 aliphatic carbocycles. The molecule has 0 amide bonds. The van der Waals surface area contributed by atoms with Gasteiger partial charge in [0.05, 0.1) is 23.6 Å². The molecular weight excluding hydrogens is 464 g/mol. The van der Waals surface area contributed by atoms with Crippen LogP contribution >= 0.6 is 22.9 Å². The highest BCUT2D eigenvalue weighted by atomic mass is 35.5. The Bertz CT molecular complexity index is 1550. The second-order valence-electron chi connectivity index (χ2n) is 8.02. The summed E-state index contributed by atoms with van der Waals surface area (Å²) in [7, 11) is 0. The Morgan fingerprint density at radius 3 is 2.62 bits per heavy atom. The van der Waals surface area contributed by atoms with Gasteiger partial charge in [0.15, 0.2) is 11.3 Å². The van der Waals surface area contributed by atoms with Gasteiger partial charge in [0.2, 0.25) is 5.55 Å². The molecule has 0 unspecified atom stereocenters. The number of aryl methyl sites for hydroxylation is 2. The van der Waals surface area contributed by atoms with E-state index in [-0.39, 0.29) is 0 Å². The third-order valence-electron chi connectivity index (χ3n) is 5.49. The Balaban J connectivity index is 1.72. The summed E-state index contributed by atoms with van der Waals surface area (Å²) in [5.74, 6) is 0.699. The maximum absolute atomic E-state index is 6.41. The van der Waals surface area contributed by atoms with Gasteiger partial charge in [-0.25, -0.2) is 9.98 Å². The lowest BCUT2D eigenvalue weighted by molar-refractivity contribution is 0.337. The number of aromatic nitrogens is 1. The fraction of sp³-hybridized carbons (Fsp3) is 0.143. The Hall–Kier alpha value is -3.41. The van der Waals surface area contributed by atoms with Gasteiger partial charge in [-0.05, 0) is 56.7 Å². The summed E-state index contributed by atoms with van der Waals surface area (Å²) in [4.78, 5) is 9.84. The van der Waals surface area contributed by atoms with E-state index in [9.17, 15) is 0 Å². The van der Waals surface area contributed by atoms with Gasteiger partial charge in [0.25, 0.3) is 0 Å². The number of halogens is 1. The minimum Gasteiger partial charge on any atom is -0.490 e. The number of thiazole rings is 1. The zero-order valence-electron chi connectivity index (χ0n) is 19.1. The van der Waals surface area contributed by atoms with E-state index in [4.69, 9.17) is 30.7 Å². The summed E-state index contributed by atoms with van der Waals surface area (Å²) in [6.45, 7) is 6.64. The fourth-order valence-electron chi connectivity index (χ4n) is 3.82. The van der Waals surface area contributed by atoms with Crippen LogP contribution in [0.2, 0.25) is 5.02 Å². The van der Waals surface area contributed by atoms with Crippen molar-refractivity contribution in [3.63, 3.8) is 0 Å². The normalized spacial score (nSPS) is 11.8. The standard InChI is InChI=1S/C28H23ClN2O2S/c1-4-32-25-7-5-6-20-15-22(28-31-24(16-34-28)19-9-11-21(29)12-10-19)27(33-26(20)25)30-23-13-8-17(2)14-18(23)3/h5-16H,4H2,1-3H3. The molecule has 0 fully saturated rings. The lowest BCUT2D eigenvalue weighted by atomic mass is 10.1.